The topological polar surface area (TPSA) is 76.0 Å². The van der Waals surface area contributed by atoms with E-state index in [1.807, 2.05) is 28.8 Å². The van der Waals surface area contributed by atoms with Crippen molar-refractivity contribution in [2.45, 2.75) is 12.7 Å². The highest BCUT2D eigenvalue weighted by molar-refractivity contribution is 6.04. The van der Waals surface area contributed by atoms with Gasteiger partial charge in [0.25, 0.3) is 5.91 Å². The van der Waals surface area contributed by atoms with Crippen molar-refractivity contribution in [1.82, 2.24) is 24.6 Å². The van der Waals surface area contributed by atoms with Gasteiger partial charge in [0, 0.05) is 18.8 Å². The van der Waals surface area contributed by atoms with Crippen LogP contribution in [0.5, 0.6) is 5.75 Å². The van der Waals surface area contributed by atoms with Crippen LogP contribution in [0.3, 0.4) is 0 Å². The van der Waals surface area contributed by atoms with Gasteiger partial charge in [-0.2, -0.15) is 13.9 Å². The molecule has 7 nitrogen and oxygen atoms in total. The fraction of sp³-hybridized carbons (Fsp3) is 0.125. The lowest BCUT2D eigenvalue weighted by Gasteiger charge is -2.25. The SMILES string of the molecule is CN1C(=O)c2cccc(OC(F)F)c2C2=C[C@@H]1c1nc3ccc(C#Cc4ccn[nH]4)cc3n12. The molecule has 1 atom stereocenters. The number of carbonyl (C=O) groups excluding carboxylic acids is 1. The maximum Gasteiger partial charge on any atom is 0.387 e. The number of aromatic nitrogens is 4. The first kappa shape index (κ1) is 19.3. The van der Waals surface area contributed by atoms with Crippen LogP contribution in [-0.2, 0) is 0 Å². The average molecular weight is 443 g/mol. The highest BCUT2D eigenvalue weighted by Crippen LogP contribution is 2.45. The second-order valence-corrected chi connectivity index (χ2v) is 7.70. The summed E-state index contributed by atoms with van der Waals surface area (Å²) >= 11 is 0. The first-order valence-corrected chi connectivity index (χ1v) is 10.1. The van der Waals surface area contributed by atoms with Crippen molar-refractivity contribution in [3.63, 3.8) is 0 Å². The Balaban J connectivity index is 1.56. The van der Waals surface area contributed by atoms with Gasteiger partial charge in [-0.1, -0.05) is 12.0 Å². The Kier molecular flexibility index (Phi) is 4.10. The Morgan fingerprint density at radius 3 is 2.85 bits per heavy atom. The first-order chi connectivity index (χ1) is 16.0. The van der Waals surface area contributed by atoms with Crippen LogP contribution in [0.2, 0.25) is 0 Å². The maximum absolute atomic E-state index is 13.2. The van der Waals surface area contributed by atoms with Gasteiger partial charge in [-0.3, -0.25) is 14.5 Å². The predicted octanol–water partition coefficient (Wildman–Crippen LogP) is 3.79. The minimum Gasteiger partial charge on any atom is -0.434 e. The summed E-state index contributed by atoms with van der Waals surface area (Å²) in [7, 11) is 1.67. The molecule has 0 aliphatic carbocycles. The molecule has 2 aliphatic heterocycles. The number of nitrogens with one attached hydrogen (secondary N) is 1. The van der Waals surface area contributed by atoms with E-state index in [9.17, 15) is 13.6 Å². The van der Waals surface area contributed by atoms with E-state index in [-0.39, 0.29) is 11.7 Å². The zero-order valence-corrected chi connectivity index (χ0v) is 17.2. The minimum absolute atomic E-state index is 0.0546. The number of hydrogen-bond acceptors (Lipinski definition) is 4. The van der Waals surface area contributed by atoms with Crippen molar-refractivity contribution < 1.29 is 18.3 Å². The number of likely N-dealkylation sites (N-methyl/N-ethyl adjacent to an activating group) is 1. The van der Waals surface area contributed by atoms with Crippen LogP contribution < -0.4 is 4.74 Å². The molecule has 4 aromatic rings. The Bertz CT molecular complexity index is 1530. The normalized spacial score (nSPS) is 16.2. The maximum atomic E-state index is 13.2. The lowest BCUT2D eigenvalue weighted by atomic mass is 10.0. The van der Waals surface area contributed by atoms with Gasteiger partial charge in [0.1, 0.15) is 23.3 Å². The van der Waals surface area contributed by atoms with E-state index in [1.165, 1.54) is 12.1 Å². The molecule has 6 rings (SSSR count). The lowest BCUT2D eigenvalue weighted by Crippen LogP contribution is -2.31. The van der Waals surface area contributed by atoms with Gasteiger partial charge in [0.15, 0.2) is 0 Å². The Labute approximate surface area is 186 Å². The highest BCUT2D eigenvalue weighted by Gasteiger charge is 2.39. The van der Waals surface area contributed by atoms with Gasteiger partial charge in [0.2, 0.25) is 0 Å². The van der Waals surface area contributed by atoms with E-state index in [0.717, 1.165) is 11.1 Å². The number of imidazole rings is 1. The Morgan fingerprint density at radius 1 is 1.18 bits per heavy atom. The van der Waals surface area contributed by atoms with Gasteiger partial charge in [-0.05, 0) is 48.4 Å². The van der Waals surface area contributed by atoms with Crippen LogP contribution in [-0.4, -0.2) is 44.2 Å². The summed E-state index contributed by atoms with van der Waals surface area (Å²) in [5.41, 5.74) is 4.12. The molecule has 0 fully saturated rings. The van der Waals surface area contributed by atoms with E-state index in [1.54, 1.807) is 30.3 Å². The number of fused-ring (bicyclic) bond motifs is 8. The van der Waals surface area contributed by atoms with Gasteiger partial charge in [-0.25, -0.2) is 4.98 Å². The van der Waals surface area contributed by atoms with Crippen LogP contribution in [0.4, 0.5) is 8.78 Å². The molecule has 4 heterocycles. The number of ether oxygens (including phenoxy) is 1. The largest absolute Gasteiger partial charge is 0.434 e. The van der Waals surface area contributed by atoms with E-state index < -0.39 is 12.7 Å². The molecule has 1 amide bonds. The smallest absolute Gasteiger partial charge is 0.387 e. The first-order valence-electron chi connectivity index (χ1n) is 10.1. The third-order valence-corrected chi connectivity index (χ3v) is 5.81. The predicted molar refractivity (Wildman–Crippen MR) is 116 cm³/mol. The summed E-state index contributed by atoms with van der Waals surface area (Å²) in [6.07, 6.45) is 3.48. The number of H-pyrrole nitrogens is 1. The monoisotopic (exact) mass is 443 g/mol. The number of nitrogens with zero attached hydrogens (tertiary/aromatic N) is 4. The van der Waals surface area contributed by atoms with E-state index >= 15 is 0 Å². The van der Waals surface area contributed by atoms with Gasteiger partial charge in [0.05, 0.1) is 27.9 Å². The molecule has 2 bridgehead atoms. The van der Waals surface area contributed by atoms with Crippen LogP contribution in [0, 0.1) is 11.8 Å². The van der Waals surface area contributed by atoms with Crippen LogP contribution in [0.25, 0.3) is 16.7 Å². The van der Waals surface area contributed by atoms with Crippen LogP contribution >= 0.6 is 0 Å². The minimum atomic E-state index is -3.02. The molecule has 0 unspecified atom stereocenters. The van der Waals surface area contributed by atoms with Crippen molar-refractivity contribution in [3.8, 4) is 17.6 Å². The van der Waals surface area contributed by atoms with Crippen LogP contribution in [0.1, 0.15) is 39.0 Å². The number of rotatable bonds is 2. The number of aromatic amines is 1. The quantitative estimate of drug-likeness (QED) is 0.479. The van der Waals surface area contributed by atoms with Crippen molar-refractivity contribution in [2.75, 3.05) is 7.05 Å². The summed E-state index contributed by atoms with van der Waals surface area (Å²) in [4.78, 5) is 19.4. The molecule has 9 heteroatoms. The second-order valence-electron chi connectivity index (χ2n) is 7.70. The van der Waals surface area contributed by atoms with Crippen molar-refractivity contribution in [2.24, 2.45) is 0 Å². The summed E-state index contributed by atoms with van der Waals surface area (Å²) in [6.45, 7) is -3.02. The van der Waals surface area contributed by atoms with Crippen molar-refractivity contribution >= 4 is 22.6 Å². The number of halogens is 2. The molecular weight excluding hydrogens is 428 g/mol. The Morgan fingerprint density at radius 2 is 2.06 bits per heavy atom. The molecule has 2 aromatic carbocycles. The molecule has 1 N–H and O–H groups in total. The van der Waals surface area contributed by atoms with E-state index in [2.05, 4.69) is 22.0 Å². The molecule has 2 aromatic heterocycles. The standard InChI is InChI=1S/C24H15F2N5O2/c1-30-19-12-18(21-15(23(30)32)3-2-4-20(21)33-24(25)26)31-17-11-13(5-7-14-9-10-27-29-14)6-8-16(17)28-22(19)31/h2-4,6,8-12,19,24H,1H3,(H,27,29)/t19-/m1/s1. The number of amides is 1. The third-order valence-electron chi connectivity index (χ3n) is 5.81. The molecular formula is C24H15F2N5O2. The summed E-state index contributed by atoms with van der Waals surface area (Å²) in [6, 6.07) is 11.5. The van der Waals surface area contributed by atoms with Gasteiger partial charge >= 0.3 is 6.61 Å². The lowest BCUT2D eigenvalue weighted by molar-refractivity contribution is -0.0501. The molecule has 2 aliphatic rings. The molecule has 0 radical (unpaired) electrons. The van der Waals surface area contributed by atoms with Crippen molar-refractivity contribution in [1.29, 1.82) is 0 Å². The fourth-order valence-corrected chi connectivity index (χ4v) is 4.35. The summed E-state index contributed by atoms with van der Waals surface area (Å²) < 4.78 is 33.0. The number of hydrogen-bond donors (Lipinski definition) is 1. The zero-order chi connectivity index (χ0) is 22.7. The van der Waals surface area contributed by atoms with Gasteiger partial charge < -0.3 is 9.64 Å². The molecule has 0 saturated heterocycles. The Hall–Kier alpha value is -4.45. The zero-order valence-electron chi connectivity index (χ0n) is 17.2. The van der Waals surface area contributed by atoms with Crippen molar-refractivity contribution in [3.05, 3.63) is 82.9 Å². The molecule has 33 heavy (non-hydrogen) atoms. The van der Waals surface area contributed by atoms with E-state index in [0.29, 0.717) is 33.9 Å². The summed E-state index contributed by atoms with van der Waals surface area (Å²) in [5, 5.41) is 6.68. The van der Waals surface area contributed by atoms with Crippen LogP contribution in [0.15, 0.2) is 54.7 Å². The average Bonchev–Trinajstić information content (AvgIpc) is 3.51. The highest BCUT2D eigenvalue weighted by atomic mass is 19.3. The molecule has 162 valence electrons. The van der Waals surface area contributed by atoms with E-state index in [4.69, 9.17) is 9.72 Å². The summed E-state index contributed by atoms with van der Waals surface area (Å²) in [5.74, 6) is 6.40. The number of benzene rings is 2. The number of alkyl halides is 2. The third kappa shape index (κ3) is 2.91. The number of carbonyl (C=O) groups is 1. The fourth-order valence-electron chi connectivity index (χ4n) is 4.35. The van der Waals surface area contributed by atoms with Gasteiger partial charge in [-0.15, -0.1) is 0 Å². The molecule has 0 saturated carbocycles. The second kappa shape index (κ2) is 7.03. The molecule has 0 spiro atoms.